The average molecular weight is 483 g/mol. The second-order valence-corrected chi connectivity index (χ2v) is 8.10. The van der Waals surface area contributed by atoms with Gasteiger partial charge in [-0.3, -0.25) is 9.78 Å². The lowest BCUT2D eigenvalue weighted by Gasteiger charge is -2.12. The van der Waals surface area contributed by atoms with Crippen molar-refractivity contribution >= 4 is 46.4 Å². The van der Waals surface area contributed by atoms with E-state index in [1.54, 1.807) is 57.0 Å². The van der Waals surface area contributed by atoms with Gasteiger partial charge in [-0.15, -0.1) is 5.10 Å². The average Bonchev–Trinajstić information content (AvgIpc) is 3.40. The number of anilines is 1. The van der Waals surface area contributed by atoms with Gasteiger partial charge in [0.05, 0.1) is 28.4 Å². The Morgan fingerprint density at radius 1 is 1.14 bits per heavy atom. The summed E-state index contributed by atoms with van der Waals surface area (Å²) < 4.78 is 1.47. The monoisotopic (exact) mass is 483 g/mol. The quantitative estimate of drug-likeness (QED) is 0.252. The van der Waals surface area contributed by atoms with E-state index in [4.69, 9.17) is 11.6 Å². The van der Waals surface area contributed by atoms with Crippen molar-refractivity contribution in [1.29, 1.82) is 0 Å². The molecule has 0 fully saturated rings. The minimum absolute atomic E-state index is 0.245. The van der Waals surface area contributed by atoms with Gasteiger partial charge < -0.3 is 21.8 Å². The van der Waals surface area contributed by atoms with Gasteiger partial charge in [0.1, 0.15) is 11.2 Å². The molecule has 0 unspecified atom stereocenters. The van der Waals surface area contributed by atoms with Crippen molar-refractivity contribution in [2.75, 3.05) is 25.3 Å². The van der Waals surface area contributed by atoms with Gasteiger partial charge in [0.15, 0.2) is 11.5 Å². The van der Waals surface area contributed by atoms with Crippen molar-refractivity contribution in [2.45, 2.75) is 0 Å². The number of hydrogen-bond acceptors (Lipinski definition) is 8. The summed E-state index contributed by atoms with van der Waals surface area (Å²) in [4.78, 5) is 39.9. The SMILES string of the molecule is C=Nn1c(-c2nn(N)c3ncc(-c4cncc(NC(=O)N(C)C)c4)cc23)nc2c(C(N)=O)cccc21. The van der Waals surface area contributed by atoms with Crippen LogP contribution in [0.15, 0.2) is 54.0 Å². The lowest BCUT2D eigenvalue weighted by molar-refractivity contribution is 0.100. The van der Waals surface area contributed by atoms with Crippen LogP contribution in [0.1, 0.15) is 10.4 Å². The second-order valence-electron chi connectivity index (χ2n) is 8.10. The summed E-state index contributed by atoms with van der Waals surface area (Å²) in [6.07, 6.45) is 4.83. The molecule has 0 aliphatic rings. The molecule has 13 nitrogen and oxygen atoms in total. The van der Waals surface area contributed by atoms with E-state index in [1.165, 1.54) is 9.58 Å². The largest absolute Gasteiger partial charge is 0.366 e. The predicted octanol–water partition coefficient (Wildman–Crippen LogP) is 1.88. The lowest BCUT2D eigenvalue weighted by Crippen LogP contribution is -2.27. The highest BCUT2D eigenvalue weighted by molar-refractivity contribution is 6.05. The molecule has 1 aromatic carbocycles. The van der Waals surface area contributed by atoms with Crippen molar-refractivity contribution in [2.24, 2.45) is 10.8 Å². The Morgan fingerprint density at radius 2 is 1.92 bits per heavy atom. The first kappa shape index (κ1) is 22.5. The zero-order valence-corrected chi connectivity index (χ0v) is 19.4. The summed E-state index contributed by atoms with van der Waals surface area (Å²) in [5, 5.41) is 11.8. The first-order valence-electron chi connectivity index (χ1n) is 10.6. The zero-order valence-electron chi connectivity index (χ0n) is 19.4. The fourth-order valence-electron chi connectivity index (χ4n) is 3.83. The number of urea groups is 1. The molecular weight excluding hydrogens is 462 g/mol. The number of benzene rings is 1. The summed E-state index contributed by atoms with van der Waals surface area (Å²) >= 11 is 0. The molecular formula is C23H21N11O2. The summed E-state index contributed by atoms with van der Waals surface area (Å²) in [5.74, 6) is 5.79. The van der Waals surface area contributed by atoms with Crippen LogP contribution in [0.25, 0.3) is 44.7 Å². The molecule has 0 spiro atoms. The highest BCUT2D eigenvalue weighted by atomic mass is 16.2. The molecule has 3 amide bonds. The van der Waals surface area contributed by atoms with Gasteiger partial charge in [0.25, 0.3) is 5.91 Å². The van der Waals surface area contributed by atoms with Crippen LogP contribution in [0.3, 0.4) is 0 Å². The van der Waals surface area contributed by atoms with E-state index in [9.17, 15) is 9.59 Å². The third-order valence-corrected chi connectivity index (χ3v) is 5.56. The van der Waals surface area contributed by atoms with E-state index in [-0.39, 0.29) is 11.6 Å². The normalized spacial score (nSPS) is 11.1. The van der Waals surface area contributed by atoms with Crippen molar-refractivity contribution in [3.8, 4) is 22.6 Å². The number of nitrogens with zero attached hydrogens (tertiary/aromatic N) is 8. The van der Waals surface area contributed by atoms with Crippen LogP contribution >= 0.6 is 0 Å². The van der Waals surface area contributed by atoms with Crippen LogP contribution in [0, 0.1) is 0 Å². The van der Waals surface area contributed by atoms with Crippen LogP contribution in [0.4, 0.5) is 10.5 Å². The number of para-hydroxylation sites is 1. The number of amides is 3. The fraction of sp³-hybridized carbons (Fsp3) is 0.0870. The summed E-state index contributed by atoms with van der Waals surface area (Å²) in [6, 6.07) is 8.36. The van der Waals surface area contributed by atoms with E-state index in [1.807, 2.05) is 6.07 Å². The summed E-state index contributed by atoms with van der Waals surface area (Å²) in [6.45, 7) is 3.64. The Balaban J connectivity index is 1.67. The second kappa shape index (κ2) is 8.47. The van der Waals surface area contributed by atoms with Crippen LogP contribution in [0.5, 0.6) is 0 Å². The number of nitrogen functional groups attached to an aromatic ring is 1. The van der Waals surface area contributed by atoms with Crippen molar-refractivity contribution in [1.82, 2.24) is 34.4 Å². The van der Waals surface area contributed by atoms with Gasteiger partial charge in [-0.1, -0.05) is 6.07 Å². The Kier molecular flexibility index (Phi) is 5.28. The summed E-state index contributed by atoms with van der Waals surface area (Å²) in [5.41, 5.74) is 9.41. The van der Waals surface area contributed by atoms with Crippen LogP contribution in [-0.2, 0) is 0 Å². The molecule has 5 rings (SSSR count). The Morgan fingerprint density at radius 3 is 2.64 bits per heavy atom. The number of carbonyl (C=O) groups is 2. The zero-order chi connectivity index (χ0) is 25.6. The molecule has 0 aliphatic carbocycles. The van der Waals surface area contributed by atoms with Gasteiger partial charge in [0.2, 0.25) is 0 Å². The van der Waals surface area contributed by atoms with Crippen molar-refractivity contribution in [3.05, 3.63) is 54.5 Å². The third-order valence-electron chi connectivity index (χ3n) is 5.56. The molecule has 4 heterocycles. The van der Waals surface area contributed by atoms with E-state index < -0.39 is 5.91 Å². The molecule has 5 aromatic rings. The topological polar surface area (TPSA) is 175 Å². The molecule has 0 aliphatic heterocycles. The van der Waals surface area contributed by atoms with E-state index in [2.05, 4.69) is 37.2 Å². The van der Waals surface area contributed by atoms with E-state index >= 15 is 0 Å². The number of aromatic nitrogens is 6. The number of rotatable bonds is 5. The summed E-state index contributed by atoms with van der Waals surface area (Å²) in [7, 11) is 3.29. The molecule has 0 saturated carbocycles. The molecule has 5 N–H and O–H groups in total. The number of pyridine rings is 2. The maximum Gasteiger partial charge on any atom is 0.321 e. The number of nitrogens with one attached hydrogen (secondary N) is 1. The van der Waals surface area contributed by atoms with Gasteiger partial charge in [-0.2, -0.15) is 9.89 Å². The highest BCUT2D eigenvalue weighted by Crippen LogP contribution is 2.32. The number of imidazole rings is 1. The van der Waals surface area contributed by atoms with Gasteiger partial charge in [-0.25, -0.2) is 19.4 Å². The molecule has 36 heavy (non-hydrogen) atoms. The van der Waals surface area contributed by atoms with Crippen LogP contribution in [-0.4, -0.2) is 67.2 Å². The first-order chi connectivity index (χ1) is 17.3. The van der Waals surface area contributed by atoms with Gasteiger partial charge in [0, 0.05) is 44.3 Å². The molecule has 0 saturated heterocycles. The number of fused-ring (bicyclic) bond motifs is 2. The minimum Gasteiger partial charge on any atom is -0.366 e. The lowest BCUT2D eigenvalue weighted by atomic mass is 10.1. The standard InChI is InChI=1S/C23H21N11O2/c1-26-33-17-6-4-5-15(20(24)35)18(17)30-22(33)19-16-8-13(10-28-21(16)34(25)31-19)12-7-14(11-27-9-12)29-23(36)32(2)3/h4-11H,1,25H2,2-3H3,(H2,24,35)(H,29,36). The van der Waals surface area contributed by atoms with Crippen LogP contribution in [0.2, 0.25) is 0 Å². The van der Waals surface area contributed by atoms with Crippen molar-refractivity contribution < 1.29 is 9.59 Å². The predicted molar refractivity (Wildman–Crippen MR) is 136 cm³/mol. The maximum absolute atomic E-state index is 12.0. The molecule has 4 aromatic heterocycles. The number of primary amides is 1. The van der Waals surface area contributed by atoms with Gasteiger partial charge in [-0.05, 0) is 24.3 Å². The highest BCUT2D eigenvalue weighted by Gasteiger charge is 2.22. The molecule has 180 valence electrons. The minimum atomic E-state index is -0.618. The van der Waals surface area contributed by atoms with E-state index in [0.29, 0.717) is 50.4 Å². The molecule has 0 radical (unpaired) electrons. The smallest absolute Gasteiger partial charge is 0.321 e. The first-order valence-corrected chi connectivity index (χ1v) is 10.6. The number of nitrogens with two attached hydrogens (primary N) is 2. The number of hydrogen-bond donors (Lipinski definition) is 3. The van der Waals surface area contributed by atoms with Crippen LogP contribution < -0.4 is 16.9 Å². The third kappa shape index (κ3) is 3.64. The molecule has 0 bridgehead atoms. The Hall–Kier alpha value is -5.33. The number of carbonyl (C=O) groups excluding carboxylic acids is 2. The van der Waals surface area contributed by atoms with E-state index in [0.717, 1.165) is 4.79 Å². The Labute approximate surface area is 204 Å². The maximum atomic E-state index is 12.0. The molecule has 0 atom stereocenters. The van der Waals surface area contributed by atoms with Gasteiger partial charge >= 0.3 is 6.03 Å². The van der Waals surface area contributed by atoms with Crippen molar-refractivity contribution in [3.63, 3.8) is 0 Å². The Bertz CT molecular complexity index is 1680. The fourth-order valence-corrected chi connectivity index (χ4v) is 3.83. The molecule has 13 heteroatoms.